The van der Waals surface area contributed by atoms with Gasteiger partial charge in [0, 0.05) is 11.8 Å². The maximum Gasteiger partial charge on any atom is 0.356 e. The van der Waals surface area contributed by atoms with Crippen LogP contribution in [-0.2, 0) is 0 Å². The second-order valence-corrected chi connectivity index (χ2v) is 6.36. The van der Waals surface area contributed by atoms with Crippen LogP contribution in [-0.4, -0.2) is 21.0 Å². The van der Waals surface area contributed by atoms with Crippen LogP contribution >= 0.6 is 0 Å². The van der Waals surface area contributed by atoms with Gasteiger partial charge < -0.3 is 10.1 Å². The molecule has 0 bridgehead atoms. The Kier molecular flexibility index (Phi) is 4.08. The highest BCUT2D eigenvalue weighted by molar-refractivity contribution is 5.87. The van der Waals surface area contributed by atoms with Gasteiger partial charge in [-0.05, 0) is 25.7 Å². The maximum atomic E-state index is 11.5. The monoisotopic (exact) mass is 276 g/mol. The molecule has 2 saturated carbocycles. The molecule has 2 fully saturated rings. The lowest BCUT2D eigenvalue weighted by molar-refractivity contribution is 0.0688. The van der Waals surface area contributed by atoms with E-state index in [2.05, 4.69) is 9.97 Å². The largest absolute Gasteiger partial charge is 0.476 e. The number of H-pyrrole nitrogens is 1. The minimum Gasteiger partial charge on any atom is -0.476 e. The predicted octanol–water partition coefficient (Wildman–Crippen LogP) is 4.20. The molecule has 0 radical (unpaired) electrons. The first-order valence-corrected chi connectivity index (χ1v) is 8.09. The highest BCUT2D eigenvalue weighted by Gasteiger charge is 2.28. The topological polar surface area (TPSA) is 66.0 Å². The van der Waals surface area contributed by atoms with Crippen molar-refractivity contribution in [1.29, 1.82) is 0 Å². The summed E-state index contributed by atoms with van der Waals surface area (Å²) < 4.78 is 0. The van der Waals surface area contributed by atoms with E-state index in [4.69, 9.17) is 0 Å². The van der Waals surface area contributed by atoms with E-state index in [1.54, 1.807) is 0 Å². The molecule has 0 saturated heterocycles. The molecule has 20 heavy (non-hydrogen) atoms. The average molecular weight is 276 g/mol. The number of nitrogens with zero attached hydrogens (tertiary/aromatic N) is 1. The van der Waals surface area contributed by atoms with Gasteiger partial charge in [-0.1, -0.05) is 38.5 Å². The summed E-state index contributed by atoms with van der Waals surface area (Å²) in [4.78, 5) is 19.3. The zero-order valence-corrected chi connectivity index (χ0v) is 12.0. The van der Waals surface area contributed by atoms with Crippen LogP contribution in [0.5, 0.6) is 0 Å². The van der Waals surface area contributed by atoms with Crippen LogP contribution in [0.15, 0.2) is 0 Å². The summed E-state index contributed by atoms with van der Waals surface area (Å²) in [5, 5.41) is 9.43. The van der Waals surface area contributed by atoms with Crippen molar-refractivity contribution < 1.29 is 9.90 Å². The fourth-order valence-electron chi connectivity index (χ4n) is 3.82. The molecule has 1 heterocycles. The third-order valence-electron chi connectivity index (χ3n) is 4.96. The summed E-state index contributed by atoms with van der Waals surface area (Å²) in [5.41, 5.74) is 1.19. The molecule has 4 heteroatoms. The van der Waals surface area contributed by atoms with Crippen LogP contribution in [0.3, 0.4) is 0 Å². The van der Waals surface area contributed by atoms with Gasteiger partial charge in [0.05, 0.1) is 5.69 Å². The Labute approximate surface area is 120 Å². The lowest BCUT2D eigenvalue weighted by Gasteiger charge is -2.21. The maximum absolute atomic E-state index is 11.5. The van der Waals surface area contributed by atoms with Gasteiger partial charge in [-0.2, -0.15) is 0 Å². The third-order valence-corrected chi connectivity index (χ3v) is 4.96. The number of hydrogen-bond donors (Lipinski definition) is 2. The SMILES string of the molecule is O=C(O)c1nc(C2CCCCC2)[nH]c1C1CCCCC1. The van der Waals surface area contributed by atoms with Crippen molar-refractivity contribution in [1.82, 2.24) is 9.97 Å². The zero-order valence-electron chi connectivity index (χ0n) is 12.0. The summed E-state index contributed by atoms with van der Waals surface area (Å²) in [6.07, 6.45) is 12.0. The fourth-order valence-corrected chi connectivity index (χ4v) is 3.82. The molecule has 4 nitrogen and oxygen atoms in total. The van der Waals surface area contributed by atoms with Crippen molar-refractivity contribution in [3.63, 3.8) is 0 Å². The minimum absolute atomic E-state index is 0.289. The summed E-state index contributed by atoms with van der Waals surface area (Å²) in [7, 11) is 0. The lowest BCUT2D eigenvalue weighted by atomic mass is 9.86. The van der Waals surface area contributed by atoms with E-state index in [1.807, 2.05) is 0 Å². The van der Waals surface area contributed by atoms with Gasteiger partial charge in [-0.3, -0.25) is 0 Å². The van der Waals surface area contributed by atoms with E-state index < -0.39 is 5.97 Å². The highest BCUT2D eigenvalue weighted by Crippen LogP contribution is 2.36. The third kappa shape index (κ3) is 2.74. The molecule has 0 spiro atoms. The van der Waals surface area contributed by atoms with Crippen LogP contribution in [0.1, 0.15) is 98.1 Å². The number of rotatable bonds is 3. The zero-order chi connectivity index (χ0) is 13.9. The highest BCUT2D eigenvalue weighted by atomic mass is 16.4. The van der Waals surface area contributed by atoms with Crippen LogP contribution in [0.25, 0.3) is 0 Å². The van der Waals surface area contributed by atoms with E-state index in [0.717, 1.165) is 37.2 Å². The standard InChI is InChI=1S/C16H24N2O2/c19-16(20)14-13(11-7-3-1-4-8-11)17-15(18-14)12-9-5-2-6-10-12/h11-12H,1-10H2,(H,17,18)(H,19,20). The molecular weight excluding hydrogens is 252 g/mol. The molecule has 0 atom stereocenters. The number of aromatic nitrogens is 2. The number of hydrogen-bond acceptors (Lipinski definition) is 2. The Morgan fingerprint density at radius 2 is 1.50 bits per heavy atom. The van der Waals surface area contributed by atoms with Crippen molar-refractivity contribution in [2.45, 2.75) is 76.0 Å². The lowest BCUT2D eigenvalue weighted by Crippen LogP contribution is -2.10. The molecule has 0 aliphatic heterocycles. The minimum atomic E-state index is -0.871. The molecule has 2 aliphatic carbocycles. The van der Waals surface area contributed by atoms with Gasteiger partial charge in [0.2, 0.25) is 0 Å². The Bertz CT molecular complexity index is 469. The summed E-state index contributed by atoms with van der Waals surface area (Å²) >= 11 is 0. The van der Waals surface area contributed by atoms with Gasteiger partial charge in [-0.25, -0.2) is 9.78 Å². The van der Waals surface area contributed by atoms with E-state index in [-0.39, 0.29) is 5.69 Å². The van der Waals surface area contributed by atoms with Crippen LogP contribution in [0, 0.1) is 0 Å². The van der Waals surface area contributed by atoms with Crippen LogP contribution < -0.4 is 0 Å². The Hall–Kier alpha value is -1.32. The second kappa shape index (κ2) is 5.98. The normalized spacial score (nSPS) is 22.0. The number of aromatic carboxylic acids is 1. The van der Waals surface area contributed by atoms with Gasteiger partial charge in [0.1, 0.15) is 5.82 Å². The van der Waals surface area contributed by atoms with E-state index in [9.17, 15) is 9.90 Å². The average Bonchev–Trinajstić information content (AvgIpc) is 2.94. The molecule has 0 amide bonds. The molecule has 3 rings (SSSR count). The number of carbonyl (C=O) groups is 1. The van der Waals surface area contributed by atoms with Crippen molar-refractivity contribution in [3.8, 4) is 0 Å². The van der Waals surface area contributed by atoms with Crippen molar-refractivity contribution in [2.75, 3.05) is 0 Å². The van der Waals surface area contributed by atoms with Gasteiger partial charge >= 0.3 is 5.97 Å². The molecule has 2 N–H and O–H groups in total. The summed E-state index contributed by atoms with van der Waals surface area (Å²) in [5.74, 6) is 0.880. The van der Waals surface area contributed by atoms with Gasteiger partial charge in [0.15, 0.2) is 5.69 Å². The molecule has 0 unspecified atom stereocenters. The first-order valence-electron chi connectivity index (χ1n) is 8.09. The molecule has 1 aromatic heterocycles. The fraction of sp³-hybridized carbons (Fsp3) is 0.750. The van der Waals surface area contributed by atoms with Gasteiger partial charge in [-0.15, -0.1) is 0 Å². The number of aromatic amines is 1. The Morgan fingerprint density at radius 1 is 0.950 bits per heavy atom. The first kappa shape index (κ1) is 13.7. The number of nitrogens with one attached hydrogen (secondary N) is 1. The first-order chi connectivity index (χ1) is 9.75. The van der Waals surface area contributed by atoms with Crippen LogP contribution in [0.4, 0.5) is 0 Å². The molecule has 2 aliphatic rings. The van der Waals surface area contributed by atoms with E-state index >= 15 is 0 Å². The van der Waals surface area contributed by atoms with E-state index in [1.165, 1.54) is 38.5 Å². The van der Waals surface area contributed by atoms with E-state index in [0.29, 0.717) is 11.8 Å². The van der Waals surface area contributed by atoms with Crippen molar-refractivity contribution in [2.24, 2.45) is 0 Å². The molecule has 0 aromatic carbocycles. The molecule has 110 valence electrons. The molecular formula is C16H24N2O2. The van der Waals surface area contributed by atoms with Crippen molar-refractivity contribution >= 4 is 5.97 Å². The predicted molar refractivity (Wildman–Crippen MR) is 77.2 cm³/mol. The number of carboxylic acids is 1. The number of carboxylic acid groups (broad SMARTS) is 1. The van der Waals surface area contributed by atoms with Crippen LogP contribution in [0.2, 0.25) is 0 Å². The smallest absolute Gasteiger partial charge is 0.356 e. The Morgan fingerprint density at radius 3 is 2.05 bits per heavy atom. The van der Waals surface area contributed by atoms with Crippen molar-refractivity contribution in [3.05, 3.63) is 17.2 Å². The summed E-state index contributed by atoms with van der Waals surface area (Å²) in [6.45, 7) is 0. The molecule has 1 aromatic rings. The summed E-state index contributed by atoms with van der Waals surface area (Å²) in [6, 6.07) is 0. The quantitative estimate of drug-likeness (QED) is 0.869. The van der Waals surface area contributed by atoms with Gasteiger partial charge in [0.25, 0.3) is 0 Å². The Balaban J connectivity index is 1.87. The second-order valence-electron chi connectivity index (χ2n) is 6.36. The number of imidazole rings is 1.